The molecule has 0 aromatic heterocycles. The van der Waals surface area contributed by atoms with Crippen LogP contribution >= 0.6 is 0 Å². The van der Waals surface area contributed by atoms with Crippen LogP contribution < -0.4 is 0 Å². The third-order valence-electron chi connectivity index (χ3n) is 9.40. The molecule has 7 heteroatoms. The molecule has 4 fully saturated rings. The first kappa shape index (κ1) is 31.7. The molecule has 2 N–H and O–H groups in total. The molecule has 2 aliphatic carbocycles. The molecule has 40 heavy (non-hydrogen) atoms. The summed E-state index contributed by atoms with van der Waals surface area (Å²) >= 11 is 0. The van der Waals surface area contributed by atoms with Crippen LogP contribution in [-0.4, -0.2) is 60.3 Å². The van der Waals surface area contributed by atoms with E-state index in [0.29, 0.717) is 18.8 Å². The number of allylic oxidation sites excluding steroid dienone is 2. The van der Waals surface area contributed by atoms with Gasteiger partial charge in [-0.3, -0.25) is 4.79 Å². The van der Waals surface area contributed by atoms with Crippen molar-refractivity contribution in [2.75, 3.05) is 13.2 Å². The van der Waals surface area contributed by atoms with Gasteiger partial charge in [-0.05, 0) is 88.4 Å². The number of aliphatic hydroxyl groups is 1. The van der Waals surface area contributed by atoms with Crippen molar-refractivity contribution in [3.63, 3.8) is 0 Å². The van der Waals surface area contributed by atoms with Gasteiger partial charge < -0.3 is 29.2 Å². The van der Waals surface area contributed by atoms with E-state index in [0.717, 1.165) is 70.5 Å². The molecule has 4 rings (SSSR count). The van der Waals surface area contributed by atoms with Crippen molar-refractivity contribution < 1.29 is 34.0 Å². The van der Waals surface area contributed by atoms with E-state index in [2.05, 4.69) is 31.2 Å². The molecule has 2 saturated heterocycles. The summed E-state index contributed by atoms with van der Waals surface area (Å²) < 4.78 is 24.9. The van der Waals surface area contributed by atoms with Crippen molar-refractivity contribution in [1.82, 2.24) is 0 Å². The van der Waals surface area contributed by atoms with E-state index in [1.165, 1.54) is 32.1 Å². The maximum Gasteiger partial charge on any atom is 0.303 e. The second-order valence-electron chi connectivity index (χ2n) is 12.5. The number of aliphatic carboxylic acids is 1. The van der Waals surface area contributed by atoms with E-state index in [1.807, 2.05) is 0 Å². The van der Waals surface area contributed by atoms with Gasteiger partial charge >= 0.3 is 5.97 Å². The van der Waals surface area contributed by atoms with Gasteiger partial charge in [0.1, 0.15) is 0 Å². The highest BCUT2D eigenvalue weighted by Gasteiger charge is 2.43. The summed E-state index contributed by atoms with van der Waals surface area (Å²) in [6.07, 6.45) is 23.3. The van der Waals surface area contributed by atoms with Crippen molar-refractivity contribution in [2.24, 2.45) is 23.7 Å². The minimum Gasteiger partial charge on any atom is -0.481 e. The molecule has 9 atom stereocenters. The Morgan fingerprint density at radius 2 is 1.77 bits per heavy atom. The van der Waals surface area contributed by atoms with Crippen molar-refractivity contribution >= 4 is 5.97 Å². The first-order valence-corrected chi connectivity index (χ1v) is 16.3. The maximum absolute atomic E-state index is 11.2. The zero-order chi connectivity index (χ0) is 28.2. The van der Waals surface area contributed by atoms with Crippen LogP contribution in [0.2, 0.25) is 0 Å². The van der Waals surface area contributed by atoms with E-state index in [9.17, 15) is 9.90 Å². The molecule has 0 amide bonds. The van der Waals surface area contributed by atoms with E-state index < -0.39 is 12.1 Å². The van der Waals surface area contributed by atoms with Gasteiger partial charge in [0.05, 0.1) is 18.3 Å². The zero-order valence-corrected chi connectivity index (χ0v) is 24.7. The fourth-order valence-corrected chi connectivity index (χ4v) is 7.22. The van der Waals surface area contributed by atoms with Crippen LogP contribution in [0.25, 0.3) is 0 Å². The summed E-state index contributed by atoms with van der Waals surface area (Å²) in [6.45, 7) is 3.78. The fourth-order valence-electron chi connectivity index (χ4n) is 7.22. The Bertz CT molecular complexity index is 786. The van der Waals surface area contributed by atoms with Crippen LogP contribution in [0.1, 0.15) is 110 Å². The Hall–Kier alpha value is -1.25. The predicted molar refractivity (Wildman–Crippen MR) is 155 cm³/mol. The van der Waals surface area contributed by atoms with Crippen LogP contribution in [0.4, 0.5) is 0 Å². The van der Waals surface area contributed by atoms with Crippen LogP contribution in [0.15, 0.2) is 24.3 Å². The number of carbonyl (C=O) groups is 1. The maximum atomic E-state index is 11.2. The van der Waals surface area contributed by atoms with Gasteiger partial charge in [-0.25, -0.2) is 0 Å². The second-order valence-corrected chi connectivity index (χ2v) is 12.5. The smallest absolute Gasteiger partial charge is 0.303 e. The number of ether oxygens (including phenoxy) is 4. The Kier molecular flexibility index (Phi) is 13.5. The van der Waals surface area contributed by atoms with Gasteiger partial charge in [0, 0.05) is 32.0 Å². The topological polar surface area (TPSA) is 94.5 Å². The lowest BCUT2D eigenvalue weighted by Gasteiger charge is -2.31. The van der Waals surface area contributed by atoms with Gasteiger partial charge in [-0.2, -0.15) is 0 Å². The fraction of sp³-hybridized carbons (Fsp3) is 0.848. The lowest BCUT2D eigenvalue weighted by molar-refractivity contribution is -0.195. The second kappa shape index (κ2) is 17.0. The van der Waals surface area contributed by atoms with Crippen molar-refractivity contribution in [1.29, 1.82) is 0 Å². The van der Waals surface area contributed by atoms with Crippen molar-refractivity contribution in [3.05, 3.63) is 24.3 Å². The number of rotatable bonds is 15. The molecule has 0 aromatic carbocycles. The van der Waals surface area contributed by atoms with Gasteiger partial charge in [0.15, 0.2) is 12.6 Å². The Labute approximate surface area is 241 Å². The summed E-state index contributed by atoms with van der Waals surface area (Å²) in [7, 11) is 0. The van der Waals surface area contributed by atoms with Gasteiger partial charge in [0.2, 0.25) is 0 Å². The third-order valence-corrected chi connectivity index (χ3v) is 9.40. The number of unbranched alkanes of at least 4 members (excludes halogenated alkanes) is 1. The Morgan fingerprint density at radius 3 is 2.48 bits per heavy atom. The first-order chi connectivity index (χ1) is 19.5. The SMILES string of the molecule is CCCC1CCC([C@@H](/C=C/[C@@H]2[C@@H](C/C=C\CCCC(=O)O)[C@@H](OC3CCCCO3)C[C@H]2O)OC2CCCCO2)C1. The molecule has 0 aromatic rings. The average molecular weight is 563 g/mol. The summed E-state index contributed by atoms with van der Waals surface area (Å²) in [4.78, 5) is 10.8. The van der Waals surface area contributed by atoms with E-state index in [1.54, 1.807) is 0 Å². The Morgan fingerprint density at radius 1 is 1.00 bits per heavy atom. The lowest BCUT2D eigenvalue weighted by atomic mass is 9.88. The highest BCUT2D eigenvalue weighted by molar-refractivity contribution is 5.66. The number of aliphatic hydroxyl groups excluding tert-OH is 1. The summed E-state index contributed by atoms with van der Waals surface area (Å²) in [5.41, 5.74) is 0. The zero-order valence-electron chi connectivity index (χ0n) is 24.7. The summed E-state index contributed by atoms with van der Waals surface area (Å²) in [5, 5.41) is 20.2. The minimum atomic E-state index is -0.753. The number of carboxylic acid groups (broad SMARTS) is 1. The lowest BCUT2D eigenvalue weighted by Crippen LogP contribution is -2.32. The first-order valence-electron chi connectivity index (χ1n) is 16.3. The van der Waals surface area contributed by atoms with Gasteiger partial charge in [0.25, 0.3) is 0 Å². The molecule has 0 radical (unpaired) electrons. The van der Waals surface area contributed by atoms with Crippen molar-refractivity contribution in [2.45, 2.75) is 141 Å². The summed E-state index contributed by atoms with van der Waals surface area (Å²) in [5.74, 6) is 0.634. The molecule has 4 aliphatic rings. The molecule has 0 spiro atoms. The Balaban J connectivity index is 1.44. The average Bonchev–Trinajstić information content (AvgIpc) is 3.53. The molecular weight excluding hydrogens is 508 g/mol. The molecule has 0 bridgehead atoms. The van der Waals surface area contributed by atoms with Gasteiger partial charge in [-0.15, -0.1) is 0 Å². The molecule has 2 saturated carbocycles. The number of hydrogen-bond donors (Lipinski definition) is 2. The van der Waals surface area contributed by atoms with E-state index in [4.69, 9.17) is 24.1 Å². The van der Waals surface area contributed by atoms with Gasteiger partial charge in [-0.1, -0.05) is 50.5 Å². The molecule has 228 valence electrons. The quantitative estimate of drug-likeness (QED) is 0.168. The van der Waals surface area contributed by atoms with Crippen LogP contribution in [0.3, 0.4) is 0 Å². The normalized spacial score (nSPS) is 36.0. The van der Waals surface area contributed by atoms with Crippen LogP contribution in [0, 0.1) is 23.7 Å². The largest absolute Gasteiger partial charge is 0.481 e. The summed E-state index contributed by atoms with van der Waals surface area (Å²) in [6, 6.07) is 0. The molecular formula is C33H54O7. The molecule has 7 nitrogen and oxygen atoms in total. The molecule has 2 aliphatic heterocycles. The molecule has 4 unspecified atom stereocenters. The third kappa shape index (κ3) is 9.94. The van der Waals surface area contributed by atoms with Crippen LogP contribution in [0.5, 0.6) is 0 Å². The monoisotopic (exact) mass is 562 g/mol. The van der Waals surface area contributed by atoms with E-state index >= 15 is 0 Å². The number of hydrogen-bond acceptors (Lipinski definition) is 6. The highest BCUT2D eigenvalue weighted by atomic mass is 16.7. The number of carboxylic acids is 1. The standard InChI is InChI=1S/C33H54O7/c1-2-11-24-16-17-25(22-24)29(39-32-14-7-9-20-37-32)19-18-26-27(12-5-3-4-6-13-31(35)36)30(23-28(26)34)40-33-15-8-10-21-38-33/h3,5,18-19,24-30,32-34H,2,4,6-17,20-23H2,1H3,(H,35,36)/b5-3-,19-18+/t24?,25?,26-,27-,28-,29-,30+,32?,33?/m1/s1. The van der Waals surface area contributed by atoms with E-state index in [-0.39, 0.29) is 43.0 Å². The minimum absolute atomic E-state index is 0.00557. The molecule has 2 heterocycles. The predicted octanol–water partition coefficient (Wildman–Crippen LogP) is 6.78. The van der Waals surface area contributed by atoms with Crippen LogP contribution in [-0.2, 0) is 23.7 Å². The van der Waals surface area contributed by atoms with Crippen molar-refractivity contribution in [3.8, 4) is 0 Å². The highest BCUT2D eigenvalue weighted by Crippen LogP contribution is 2.41.